The third kappa shape index (κ3) is 2.87. The molecule has 1 heterocycles. The number of carbonyl (C=O) groups excluding carboxylic acids is 1. The van der Waals surface area contributed by atoms with Crippen LogP contribution in [-0.2, 0) is 4.74 Å². The molecule has 0 fully saturated rings. The van der Waals surface area contributed by atoms with Gasteiger partial charge in [-0.25, -0.2) is 13.9 Å². The normalized spacial score (nSPS) is 10.8. The van der Waals surface area contributed by atoms with Crippen LogP contribution in [0.25, 0.3) is 5.69 Å². The van der Waals surface area contributed by atoms with E-state index < -0.39 is 5.97 Å². The topological polar surface area (TPSA) is 44.1 Å². The van der Waals surface area contributed by atoms with Crippen molar-refractivity contribution in [1.82, 2.24) is 9.78 Å². The molecule has 0 saturated heterocycles. The maximum atomic E-state index is 13.0. The summed E-state index contributed by atoms with van der Waals surface area (Å²) in [5, 5.41) is 4.27. The molecule has 0 N–H and O–H groups in total. The minimum atomic E-state index is -0.449. The highest BCUT2D eigenvalue weighted by molar-refractivity contribution is 5.87. The maximum absolute atomic E-state index is 13.0. The molecule has 2 rings (SSSR count). The number of carbonyl (C=O) groups is 1. The summed E-state index contributed by atoms with van der Waals surface area (Å²) in [6, 6.07) is 7.70. The Morgan fingerprint density at radius 1 is 1.35 bits per heavy atom. The van der Waals surface area contributed by atoms with Crippen LogP contribution in [0.2, 0.25) is 0 Å². The van der Waals surface area contributed by atoms with Gasteiger partial charge in [0.25, 0.3) is 0 Å². The van der Waals surface area contributed by atoms with E-state index in [0.29, 0.717) is 12.3 Å². The minimum Gasteiger partial charge on any atom is -0.461 e. The monoisotopic (exact) mass is 276 g/mol. The van der Waals surface area contributed by atoms with Gasteiger partial charge in [0.1, 0.15) is 5.82 Å². The van der Waals surface area contributed by atoms with Gasteiger partial charge in [0.15, 0.2) is 5.69 Å². The Morgan fingerprint density at radius 3 is 2.55 bits per heavy atom. The van der Waals surface area contributed by atoms with E-state index in [9.17, 15) is 9.18 Å². The van der Waals surface area contributed by atoms with Crippen molar-refractivity contribution in [2.24, 2.45) is 0 Å². The number of halogens is 1. The van der Waals surface area contributed by atoms with E-state index >= 15 is 0 Å². The fourth-order valence-corrected chi connectivity index (χ4v) is 1.90. The average molecular weight is 276 g/mol. The van der Waals surface area contributed by atoms with E-state index in [2.05, 4.69) is 5.10 Å². The Bertz CT molecular complexity index is 603. The lowest BCUT2D eigenvalue weighted by molar-refractivity contribution is 0.0519. The quantitative estimate of drug-likeness (QED) is 0.805. The van der Waals surface area contributed by atoms with Crippen molar-refractivity contribution in [2.75, 3.05) is 6.61 Å². The molecule has 0 radical (unpaired) electrons. The molecule has 5 heteroatoms. The number of hydrogen-bond acceptors (Lipinski definition) is 3. The van der Waals surface area contributed by atoms with E-state index in [4.69, 9.17) is 4.74 Å². The average Bonchev–Trinajstić information content (AvgIpc) is 2.85. The van der Waals surface area contributed by atoms with Gasteiger partial charge in [-0.1, -0.05) is 13.8 Å². The smallest absolute Gasteiger partial charge is 0.358 e. The molecule has 2 aromatic rings. The van der Waals surface area contributed by atoms with Crippen LogP contribution in [0.1, 0.15) is 42.9 Å². The molecule has 106 valence electrons. The highest BCUT2D eigenvalue weighted by Gasteiger charge is 2.18. The van der Waals surface area contributed by atoms with Crippen LogP contribution in [0.5, 0.6) is 0 Å². The van der Waals surface area contributed by atoms with Crippen LogP contribution in [0, 0.1) is 5.82 Å². The first-order valence-corrected chi connectivity index (χ1v) is 6.56. The van der Waals surface area contributed by atoms with Gasteiger partial charge >= 0.3 is 5.97 Å². The Labute approximate surface area is 117 Å². The van der Waals surface area contributed by atoms with Crippen molar-refractivity contribution in [1.29, 1.82) is 0 Å². The van der Waals surface area contributed by atoms with Crippen LogP contribution in [0.15, 0.2) is 30.3 Å². The van der Waals surface area contributed by atoms with Gasteiger partial charge in [0, 0.05) is 5.69 Å². The van der Waals surface area contributed by atoms with E-state index in [1.54, 1.807) is 29.8 Å². The Hall–Kier alpha value is -2.17. The van der Waals surface area contributed by atoms with Crippen molar-refractivity contribution in [3.63, 3.8) is 0 Å². The molecular weight excluding hydrogens is 259 g/mol. The summed E-state index contributed by atoms with van der Waals surface area (Å²) in [4.78, 5) is 11.8. The third-order valence-electron chi connectivity index (χ3n) is 2.88. The second kappa shape index (κ2) is 5.86. The molecule has 1 aromatic heterocycles. The lowest BCUT2D eigenvalue weighted by Crippen LogP contribution is -2.07. The van der Waals surface area contributed by atoms with Crippen molar-refractivity contribution in [2.45, 2.75) is 26.7 Å². The van der Waals surface area contributed by atoms with E-state index in [0.717, 1.165) is 5.69 Å². The van der Waals surface area contributed by atoms with Gasteiger partial charge in [-0.2, -0.15) is 5.10 Å². The molecular formula is C15H17FN2O2. The zero-order valence-corrected chi connectivity index (χ0v) is 11.8. The molecule has 4 nitrogen and oxygen atoms in total. The van der Waals surface area contributed by atoms with Crippen LogP contribution in [-0.4, -0.2) is 22.4 Å². The molecule has 0 unspecified atom stereocenters. The molecule has 0 bridgehead atoms. The molecule has 0 saturated carbocycles. The van der Waals surface area contributed by atoms with Crippen LogP contribution in [0.4, 0.5) is 4.39 Å². The molecule has 0 aliphatic carbocycles. The number of hydrogen-bond donors (Lipinski definition) is 0. The van der Waals surface area contributed by atoms with E-state index in [1.165, 1.54) is 12.1 Å². The standard InChI is InChI=1S/C15H17FN2O2/c1-4-20-15(19)13-9-14(10(2)3)18(17-13)12-7-5-11(16)6-8-12/h5-10H,4H2,1-3H3. The summed E-state index contributed by atoms with van der Waals surface area (Å²) in [6.45, 7) is 6.06. The second-order valence-electron chi connectivity index (χ2n) is 4.72. The van der Waals surface area contributed by atoms with Gasteiger partial charge in [-0.15, -0.1) is 0 Å². The fraction of sp³-hybridized carbons (Fsp3) is 0.333. The third-order valence-corrected chi connectivity index (χ3v) is 2.88. The molecule has 1 aromatic carbocycles. The Morgan fingerprint density at radius 2 is 2.00 bits per heavy atom. The van der Waals surface area contributed by atoms with Crippen LogP contribution < -0.4 is 0 Å². The zero-order valence-electron chi connectivity index (χ0n) is 11.8. The van der Waals surface area contributed by atoms with Gasteiger partial charge in [-0.3, -0.25) is 0 Å². The summed E-state index contributed by atoms with van der Waals surface area (Å²) >= 11 is 0. The van der Waals surface area contributed by atoms with Crippen LogP contribution in [0.3, 0.4) is 0 Å². The molecule has 0 atom stereocenters. The Kier molecular flexibility index (Phi) is 4.17. The van der Waals surface area contributed by atoms with Crippen molar-refractivity contribution >= 4 is 5.97 Å². The summed E-state index contributed by atoms with van der Waals surface area (Å²) in [5.41, 5.74) is 1.85. The summed E-state index contributed by atoms with van der Waals surface area (Å²) in [5.74, 6) is -0.580. The molecule has 0 aliphatic rings. The van der Waals surface area contributed by atoms with Gasteiger partial charge in [-0.05, 0) is 43.2 Å². The van der Waals surface area contributed by atoms with Crippen molar-refractivity contribution in [3.05, 3.63) is 47.5 Å². The summed E-state index contributed by atoms with van der Waals surface area (Å²) < 4.78 is 19.6. The first kappa shape index (κ1) is 14.2. The van der Waals surface area contributed by atoms with Gasteiger partial charge in [0.2, 0.25) is 0 Å². The number of rotatable bonds is 4. The number of ether oxygens (including phenoxy) is 1. The highest BCUT2D eigenvalue weighted by atomic mass is 19.1. The van der Waals surface area contributed by atoms with Crippen LogP contribution >= 0.6 is 0 Å². The lowest BCUT2D eigenvalue weighted by Gasteiger charge is -2.09. The number of benzene rings is 1. The van der Waals surface area contributed by atoms with Crippen molar-refractivity contribution < 1.29 is 13.9 Å². The molecule has 0 aliphatic heterocycles. The first-order valence-electron chi connectivity index (χ1n) is 6.56. The predicted octanol–water partition coefficient (Wildman–Crippen LogP) is 3.31. The SMILES string of the molecule is CCOC(=O)c1cc(C(C)C)n(-c2ccc(F)cc2)n1. The maximum Gasteiger partial charge on any atom is 0.358 e. The van der Waals surface area contributed by atoms with Gasteiger partial charge < -0.3 is 4.74 Å². The number of aromatic nitrogens is 2. The first-order chi connectivity index (χ1) is 9.52. The van der Waals surface area contributed by atoms with Gasteiger partial charge in [0.05, 0.1) is 12.3 Å². The molecule has 20 heavy (non-hydrogen) atoms. The molecule has 0 amide bonds. The number of nitrogens with zero attached hydrogens (tertiary/aromatic N) is 2. The van der Waals surface area contributed by atoms with E-state index in [-0.39, 0.29) is 17.4 Å². The largest absolute Gasteiger partial charge is 0.461 e. The lowest BCUT2D eigenvalue weighted by atomic mass is 10.1. The fourth-order valence-electron chi connectivity index (χ4n) is 1.90. The summed E-state index contributed by atoms with van der Waals surface area (Å²) in [7, 11) is 0. The minimum absolute atomic E-state index is 0.177. The predicted molar refractivity (Wildman–Crippen MR) is 73.6 cm³/mol. The number of esters is 1. The molecule has 0 spiro atoms. The highest BCUT2D eigenvalue weighted by Crippen LogP contribution is 2.21. The Balaban J connectivity index is 2.45. The second-order valence-corrected chi connectivity index (χ2v) is 4.72. The van der Waals surface area contributed by atoms with E-state index in [1.807, 2.05) is 13.8 Å². The van der Waals surface area contributed by atoms with Crippen molar-refractivity contribution in [3.8, 4) is 5.69 Å². The summed E-state index contributed by atoms with van der Waals surface area (Å²) in [6.07, 6.45) is 0. The zero-order chi connectivity index (χ0) is 14.7.